The summed E-state index contributed by atoms with van der Waals surface area (Å²) in [5.74, 6) is 2.01. The van der Waals surface area contributed by atoms with Crippen LogP contribution >= 0.6 is 0 Å². The van der Waals surface area contributed by atoms with Gasteiger partial charge in [0.1, 0.15) is 5.76 Å². The van der Waals surface area contributed by atoms with Gasteiger partial charge in [-0.05, 0) is 24.0 Å². The fourth-order valence-electron chi connectivity index (χ4n) is 2.82. The van der Waals surface area contributed by atoms with Gasteiger partial charge in [-0.25, -0.2) is 4.98 Å². The van der Waals surface area contributed by atoms with Gasteiger partial charge in [-0.2, -0.15) is 0 Å². The summed E-state index contributed by atoms with van der Waals surface area (Å²) in [6, 6.07) is 10.6. The lowest BCUT2D eigenvalue weighted by atomic mass is 9.85. The number of rotatable bonds is 4. The van der Waals surface area contributed by atoms with Gasteiger partial charge in [-0.3, -0.25) is 0 Å². The zero-order chi connectivity index (χ0) is 15.4. The molecule has 3 heteroatoms. The van der Waals surface area contributed by atoms with Gasteiger partial charge in [0.25, 0.3) is 0 Å². The Bertz CT molecular complexity index is 710. The van der Waals surface area contributed by atoms with E-state index in [1.165, 1.54) is 5.56 Å². The maximum absolute atomic E-state index is 6.01. The first-order chi connectivity index (χ1) is 10.8. The molecule has 1 heterocycles. The van der Waals surface area contributed by atoms with Gasteiger partial charge >= 0.3 is 0 Å². The SMILES string of the molecule is C=C/C=C\C=C(/N)c1nc2c(o1)CCC(c1ccccc1)C2. The average molecular weight is 292 g/mol. The Balaban J connectivity index is 1.80. The highest BCUT2D eigenvalue weighted by atomic mass is 16.4. The van der Waals surface area contributed by atoms with E-state index in [1.54, 1.807) is 12.2 Å². The number of aryl methyl sites for hydroxylation is 1. The molecule has 1 aliphatic carbocycles. The maximum Gasteiger partial charge on any atom is 0.242 e. The van der Waals surface area contributed by atoms with Crippen molar-refractivity contribution in [3.63, 3.8) is 0 Å². The molecule has 2 N–H and O–H groups in total. The molecule has 3 rings (SSSR count). The van der Waals surface area contributed by atoms with Gasteiger partial charge in [0.2, 0.25) is 5.89 Å². The summed E-state index contributed by atoms with van der Waals surface area (Å²) in [6.45, 7) is 3.62. The predicted molar refractivity (Wildman–Crippen MR) is 89.2 cm³/mol. The summed E-state index contributed by atoms with van der Waals surface area (Å²) in [4.78, 5) is 4.59. The molecule has 0 saturated heterocycles. The minimum atomic E-state index is 0.512. The van der Waals surface area contributed by atoms with E-state index < -0.39 is 0 Å². The van der Waals surface area contributed by atoms with E-state index in [-0.39, 0.29) is 0 Å². The Morgan fingerprint density at radius 1 is 1.27 bits per heavy atom. The van der Waals surface area contributed by atoms with E-state index in [0.717, 1.165) is 30.7 Å². The van der Waals surface area contributed by atoms with Crippen LogP contribution in [0, 0.1) is 0 Å². The summed E-state index contributed by atoms with van der Waals surface area (Å²) in [5, 5.41) is 0. The summed E-state index contributed by atoms with van der Waals surface area (Å²) in [6.07, 6.45) is 10.1. The molecule has 1 aliphatic rings. The highest BCUT2D eigenvalue weighted by molar-refractivity contribution is 5.57. The lowest BCUT2D eigenvalue weighted by Crippen LogP contribution is -2.11. The molecule has 0 aliphatic heterocycles. The first kappa shape index (κ1) is 14.4. The highest BCUT2D eigenvalue weighted by Crippen LogP contribution is 2.33. The monoisotopic (exact) mass is 292 g/mol. The van der Waals surface area contributed by atoms with E-state index in [2.05, 4.69) is 35.8 Å². The fourth-order valence-corrected chi connectivity index (χ4v) is 2.82. The first-order valence-electron chi connectivity index (χ1n) is 7.56. The molecular formula is C19H20N2O. The van der Waals surface area contributed by atoms with Crippen molar-refractivity contribution in [1.29, 1.82) is 0 Å². The Hall–Kier alpha value is -2.55. The summed E-state index contributed by atoms with van der Waals surface area (Å²) in [7, 11) is 0. The Kier molecular flexibility index (Phi) is 4.24. The van der Waals surface area contributed by atoms with Crippen LogP contribution in [0.2, 0.25) is 0 Å². The number of nitrogens with zero attached hydrogens (tertiary/aromatic N) is 1. The average Bonchev–Trinajstić information content (AvgIpc) is 2.99. The van der Waals surface area contributed by atoms with E-state index in [1.807, 2.05) is 18.2 Å². The number of oxazole rings is 1. The first-order valence-corrected chi connectivity index (χ1v) is 7.56. The summed E-state index contributed by atoms with van der Waals surface area (Å²) >= 11 is 0. The summed E-state index contributed by atoms with van der Waals surface area (Å²) < 4.78 is 5.82. The second kappa shape index (κ2) is 6.48. The van der Waals surface area contributed by atoms with E-state index in [0.29, 0.717) is 17.5 Å². The zero-order valence-corrected chi connectivity index (χ0v) is 12.5. The molecule has 1 atom stereocenters. The van der Waals surface area contributed by atoms with Crippen molar-refractivity contribution in [2.24, 2.45) is 5.73 Å². The van der Waals surface area contributed by atoms with Crippen molar-refractivity contribution < 1.29 is 4.42 Å². The molecule has 0 radical (unpaired) electrons. The van der Waals surface area contributed by atoms with Gasteiger partial charge in [-0.1, -0.05) is 55.1 Å². The molecule has 112 valence electrons. The van der Waals surface area contributed by atoms with Crippen molar-refractivity contribution in [3.8, 4) is 0 Å². The second-order valence-corrected chi connectivity index (χ2v) is 5.48. The maximum atomic E-state index is 6.01. The Labute approximate surface area is 130 Å². The van der Waals surface area contributed by atoms with Crippen LogP contribution in [0.4, 0.5) is 0 Å². The number of allylic oxidation sites excluding steroid dienone is 4. The van der Waals surface area contributed by atoms with Crippen molar-refractivity contribution in [3.05, 3.63) is 84.1 Å². The smallest absolute Gasteiger partial charge is 0.242 e. The van der Waals surface area contributed by atoms with Gasteiger partial charge in [0.15, 0.2) is 0 Å². The minimum Gasteiger partial charge on any atom is -0.440 e. The summed E-state index contributed by atoms with van der Waals surface area (Å²) in [5.41, 5.74) is 8.97. The topological polar surface area (TPSA) is 52.0 Å². The van der Waals surface area contributed by atoms with Crippen LogP contribution in [0.5, 0.6) is 0 Å². The van der Waals surface area contributed by atoms with Gasteiger partial charge in [0.05, 0.1) is 11.4 Å². The van der Waals surface area contributed by atoms with Crippen LogP contribution in [0.25, 0.3) is 5.70 Å². The Morgan fingerprint density at radius 2 is 2.09 bits per heavy atom. The lowest BCUT2D eigenvalue weighted by Gasteiger charge is -2.20. The van der Waals surface area contributed by atoms with E-state index >= 15 is 0 Å². The molecule has 0 saturated carbocycles. The number of fused-ring (bicyclic) bond motifs is 1. The van der Waals surface area contributed by atoms with Crippen LogP contribution < -0.4 is 5.73 Å². The van der Waals surface area contributed by atoms with Crippen LogP contribution in [-0.4, -0.2) is 4.98 Å². The molecule has 1 aromatic heterocycles. The van der Waals surface area contributed by atoms with E-state index in [9.17, 15) is 0 Å². The minimum absolute atomic E-state index is 0.512. The van der Waals surface area contributed by atoms with Crippen molar-refractivity contribution >= 4 is 5.70 Å². The van der Waals surface area contributed by atoms with Gasteiger partial charge in [0, 0.05) is 12.8 Å². The Morgan fingerprint density at radius 3 is 2.86 bits per heavy atom. The molecule has 1 unspecified atom stereocenters. The second-order valence-electron chi connectivity index (χ2n) is 5.48. The number of hydrogen-bond donors (Lipinski definition) is 1. The molecule has 0 bridgehead atoms. The molecule has 0 fully saturated rings. The third-order valence-electron chi connectivity index (χ3n) is 3.98. The van der Waals surface area contributed by atoms with Gasteiger partial charge in [-0.15, -0.1) is 0 Å². The molecule has 22 heavy (non-hydrogen) atoms. The highest BCUT2D eigenvalue weighted by Gasteiger charge is 2.25. The number of aromatic nitrogens is 1. The van der Waals surface area contributed by atoms with Crippen LogP contribution in [0.15, 0.2) is 65.6 Å². The van der Waals surface area contributed by atoms with Gasteiger partial charge < -0.3 is 10.2 Å². The molecule has 0 spiro atoms. The third kappa shape index (κ3) is 3.03. The predicted octanol–water partition coefficient (Wildman–Crippen LogP) is 3.99. The molecular weight excluding hydrogens is 272 g/mol. The van der Waals surface area contributed by atoms with Crippen LogP contribution in [0.3, 0.4) is 0 Å². The number of benzene rings is 1. The van der Waals surface area contributed by atoms with E-state index in [4.69, 9.17) is 10.2 Å². The van der Waals surface area contributed by atoms with Crippen molar-refractivity contribution in [2.75, 3.05) is 0 Å². The lowest BCUT2D eigenvalue weighted by molar-refractivity contribution is 0.450. The number of hydrogen-bond acceptors (Lipinski definition) is 3. The quantitative estimate of drug-likeness (QED) is 0.867. The van der Waals surface area contributed by atoms with Crippen LogP contribution in [-0.2, 0) is 12.8 Å². The van der Waals surface area contributed by atoms with Crippen LogP contribution in [0.1, 0.15) is 35.2 Å². The standard InChI is InChI=1S/C19H20N2O/c1-2-3-5-10-16(20)19-21-17-13-15(11-12-18(17)22-19)14-8-6-4-7-9-14/h2-10,15H,1,11-13,20H2/b5-3-,16-10-. The van der Waals surface area contributed by atoms with Crippen molar-refractivity contribution in [1.82, 2.24) is 4.98 Å². The molecule has 2 aromatic rings. The molecule has 0 amide bonds. The normalized spacial score (nSPS) is 18.4. The zero-order valence-electron chi connectivity index (χ0n) is 12.5. The largest absolute Gasteiger partial charge is 0.440 e. The van der Waals surface area contributed by atoms with Crippen molar-refractivity contribution in [2.45, 2.75) is 25.2 Å². The number of nitrogens with two attached hydrogens (primary N) is 1. The molecule has 1 aromatic carbocycles. The fraction of sp³-hybridized carbons (Fsp3) is 0.211. The molecule has 3 nitrogen and oxygen atoms in total. The third-order valence-corrected chi connectivity index (χ3v) is 3.98.